The highest BCUT2D eigenvalue weighted by atomic mass is 32.1. The quantitative estimate of drug-likeness (QED) is 0.229. The normalized spacial score (nSPS) is 11.9. The van der Waals surface area contributed by atoms with Gasteiger partial charge in [-0.2, -0.15) is 5.10 Å². The number of amides is 1. The second-order valence-electron chi connectivity index (χ2n) is 11.0. The van der Waals surface area contributed by atoms with Crippen LogP contribution in [-0.4, -0.2) is 42.6 Å². The van der Waals surface area contributed by atoms with Crippen molar-refractivity contribution in [3.63, 3.8) is 0 Å². The minimum atomic E-state index is -0.595. The fraction of sp³-hybridized carbons (Fsp3) is 0.355. The highest BCUT2D eigenvalue weighted by Gasteiger charge is 2.23. The van der Waals surface area contributed by atoms with E-state index in [1.165, 1.54) is 37.8 Å². The standard InChI is InChI=1S/C31H36N4O3S/c1-6-35-27-10-7-22(14-26(27)25-9-8-24(15-28(25)35)29-13-21(2)20-39-29)17-33(30(37)38-31(3,4)5)11-12-34-18-23(19-36)16-32-34/h7-10,13-16,18,20,36H,6,11-12,17,19H2,1-5H3. The maximum atomic E-state index is 13.2. The van der Waals surface area contributed by atoms with Crippen LogP contribution in [0.1, 0.15) is 44.4 Å². The average molecular weight is 545 g/mol. The highest BCUT2D eigenvalue weighted by Crippen LogP contribution is 2.35. The number of nitrogens with zero attached hydrogens (tertiary/aromatic N) is 4. The molecule has 0 spiro atoms. The molecule has 0 bridgehead atoms. The molecule has 0 aliphatic rings. The molecule has 3 heterocycles. The molecule has 0 saturated heterocycles. The van der Waals surface area contributed by atoms with Gasteiger partial charge in [0.05, 0.1) is 19.3 Å². The fourth-order valence-corrected chi connectivity index (χ4v) is 5.83. The Morgan fingerprint density at radius 1 is 1.08 bits per heavy atom. The summed E-state index contributed by atoms with van der Waals surface area (Å²) in [4.78, 5) is 16.2. The third-order valence-electron chi connectivity index (χ3n) is 6.76. The van der Waals surface area contributed by atoms with Crippen LogP contribution in [0.15, 0.2) is 60.2 Å². The van der Waals surface area contributed by atoms with Crippen molar-refractivity contribution >= 4 is 39.2 Å². The van der Waals surface area contributed by atoms with E-state index in [0.717, 1.165) is 17.7 Å². The van der Waals surface area contributed by atoms with Gasteiger partial charge in [0.2, 0.25) is 0 Å². The van der Waals surface area contributed by atoms with E-state index in [1.54, 1.807) is 33.3 Å². The predicted molar refractivity (Wildman–Crippen MR) is 158 cm³/mol. The minimum absolute atomic E-state index is 0.0599. The van der Waals surface area contributed by atoms with Gasteiger partial charge in [-0.1, -0.05) is 18.2 Å². The number of ether oxygens (including phenoxy) is 1. The maximum Gasteiger partial charge on any atom is 0.410 e. The van der Waals surface area contributed by atoms with E-state index in [0.29, 0.717) is 19.6 Å². The van der Waals surface area contributed by atoms with Crippen LogP contribution in [-0.2, 0) is 31.0 Å². The van der Waals surface area contributed by atoms with Gasteiger partial charge in [-0.3, -0.25) is 4.68 Å². The lowest BCUT2D eigenvalue weighted by molar-refractivity contribution is 0.0225. The number of aryl methyl sites for hydroxylation is 2. The van der Waals surface area contributed by atoms with Crippen molar-refractivity contribution in [1.82, 2.24) is 19.2 Å². The molecule has 1 amide bonds. The highest BCUT2D eigenvalue weighted by molar-refractivity contribution is 7.13. The molecule has 0 saturated carbocycles. The van der Waals surface area contributed by atoms with Crippen molar-refractivity contribution in [2.24, 2.45) is 0 Å². The molecule has 39 heavy (non-hydrogen) atoms. The summed E-state index contributed by atoms with van der Waals surface area (Å²) in [5.74, 6) is 0. The van der Waals surface area contributed by atoms with Crippen LogP contribution in [0.2, 0.25) is 0 Å². The number of benzene rings is 2. The van der Waals surface area contributed by atoms with E-state index in [-0.39, 0.29) is 12.7 Å². The first-order valence-corrected chi connectivity index (χ1v) is 14.2. The predicted octanol–water partition coefficient (Wildman–Crippen LogP) is 6.98. The summed E-state index contributed by atoms with van der Waals surface area (Å²) in [6.07, 6.45) is 3.08. The summed E-state index contributed by atoms with van der Waals surface area (Å²) in [5.41, 5.74) is 6.11. The molecular weight excluding hydrogens is 508 g/mol. The van der Waals surface area contributed by atoms with Gasteiger partial charge in [0.15, 0.2) is 0 Å². The van der Waals surface area contributed by atoms with E-state index in [9.17, 15) is 9.90 Å². The molecule has 0 aliphatic heterocycles. The molecule has 0 aliphatic carbocycles. The lowest BCUT2D eigenvalue weighted by atomic mass is 10.1. The number of hydrogen-bond acceptors (Lipinski definition) is 5. The van der Waals surface area contributed by atoms with Gasteiger partial charge in [-0.15, -0.1) is 11.3 Å². The molecule has 3 aromatic heterocycles. The molecular formula is C31H36N4O3S. The SMILES string of the molecule is CCn1c2ccc(CN(CCn3cc(CO)cn3)C(=O)OC(C)(C)C)cc2c2ccc(-c3cc(C)cs3)cc21. The van der Waals surface area contributed by atoms with Crippen LogP contribution in [0, 0.1) is 6.92 Å². The van der Waals surface area contributed by atoms with Crippen LogP contribution in [0.3, 0.4) is 0 Å². The molecule has 5 aromatic rings. The van der Waals surface area contributed by atoms with Crippen LogP contribution in [0.5, 0.6) is 0 Å². The topological polar surface area (TPSA) is 72.5 Å². The van der Waals surface area contributed by atoms with Gasteiger partial charge in [0.25, 0.3) is 0 Å². The third-order valence-corrected chi connectivity index (χ3v) is 7.85. The summed E-state index contributed by atoms with van der Waals surface area (Å²) in [5, 5.41) is 18.2. The van der Waals surface area contributed by atoms with Crippen LogP contribution >= 0.6 is 11.3 Å². The van der Waals surface area contributed by atoms with Crippen molar-refractivity contribution in [2.45, 2.75) is 66.5 Å². The smallest absolute Gasteiger partial charge is 0.410 e. The number of aliphatic hydroxyl groups is 1. The minimum Gasteiger partial charge on any atom is -0.444 e. The lowest BCUT2D eigenvalue weighted by Crippen LogP contribution is -2.38. The van der Waals surface area contributed by atoms with E-state index >= 15 is 0 Å². The lowest BCUT2D eigenvalue weighted by Gasteiger charge is -2.27. The zero-order valence-electron chi connectivity index (χ0n) is 23.3. The number of fused-ring (bicyclic) bond motifs is 3. The molecule has 8 heteroatoms. The number of rotatable bonds is 8. The number of thiophene rings is 1. The third kappa shape index (κ3) is 5.87. The molecule has 2 aromatic carbocycles. The molecule has 7 nitrogen and oxygen atoms in total. The van der Waals surface area contributed by atoms with Crippen LogP contribution < -0.4 is 0 Å². The van der Waals surface area contributed by atoms with Crippen molar-refractivity contribution < 1.29 is 14.6 Å². The van der Waals surface area contributed by atoms with Gasteiger partial charge in [-0.05, 0) is 81.0 Å². The molecule has 0 fully saturated rings. The second kappa shape index (κ2) is 10.9. The van der Waals surface area contributed by atoms with Crippen molar-refractivity contribution in [1.29, 1.82) is 0 Å². The summed E-state index contributed by atoms with van der Waals surface area (Å²) < 4.78 is 9.84. The Morgan fingerprint density at radius 2 is 1.90 bits per heavy atom. The first-order valence-electron chi connectivity index (χ1n) is 13.4. The van der Waals surface area contributed by atoms with Crippen LogP contribution in [0.4, 0.5) is 4.79 Å². The van der Waals surface area contributed by atoms with Crippen LogP contribution in [0.25, 0.3) is 32.2 Å². The summed E-state index contributed by atoms with van der Waals surface area (Å²) in [7, 11) is 0. The summed E-state index contributed by atoms with van der Waals surface area (Å²) in [6, 6.07) is 15.4. The first-order chi connectivity index (χ1) is 18.6. The van der Waals surface area contributed by atoms with Crippen molar-refractivity contribution in [3.05, 3.63) is 76.9 Å². The van der Waals surface area contributed by atoms with Gasteiger partial charge in [-0.25, -0.2) is 4.79 Å². The summed E-state index contributed by atoms with van der Waals surface area (Å²) in [6.45, 7) is 12.1. The van der Waals surface area contributed by atoms with Gasteiger partial charge >= 0.3 is 6.09 Å². The number of carbonyl (C=O) groups excluding carboxylic acids is 1. The van der Waals surface area contributed by atoms with Gasteiger partial charge in [0.1, 0.15) is 5.60 Å². The molecule has 0 unspecified atom stereocenters. The zero-order chi connectivity index (χ0) is 27.7. The van der Waals surface area contributed by atoms with E-state index in [4.69, 9.17) is 4.74 Å². The number of hydrogen-bond donors (Lipinski definition) is 1. The molecule has 1 N–H and O–H groups in total. The second-order valence-corrected chi connectivity index (χ2v) is 11.9. The van der Waals surface area contributed by atoms with E-state index in [2.05, 4.69) is 71.4 Å². The number of aromatic nitrogens is 3. The Kier molecular flexibility index (Phi) is 7.51. The largest absolute Gasteiger partial charge is 0.444 e. The maximum absolute atomic E-state index is 13.2. The van der Waals surface area contributed by atoms with E-state index in [1.807, 2.05) is 20.8 Å². The Bertz CT molecular complexity index is 1620. The van der Waals surface area contributed by atoms with Gasteiger partial charge < -0.3 is 19.3 Å². The Balaban J connectivity index is 1.47. The number of aliphatic hydroxyl groups excluding tert-OH is 1. The van der Waals surface area contributed by atoms with Crippen molar-refractivity contribution in [3.8, 4) is 10.4 Å². The number of carbonyl (C=O) groups is 1. The van der Waals surface area contributed by atoms with E-state index < -0.39 is 5.60 Å². The molecule has 204 valence electrons. The Labute approximate surface area is 233 Å². The molecule has 0 atom stereocenters. The Morgan fingerprint density at radius 3 is 2.56 bits per heavy atom. The van der Waals surface area contributed by atoms with Gasteiger partial charge in [0, 0.05) is 58.1 Å². The first kappa shape index (κ1) is 27.0. The average Bonchev–Trinajstić information content (AvgIpc) is 3.62. The summed E-state index contributed by atoms with van der Waals surface area (Å²) >= 11 is 1.78. The Hall–Kier alpha value is -3.62. The monoisotopic (exact) mass is 544 g/mol. The fourth-order valence-electron chi connectivity index (χ4n) is 4.94. The molecule has 0 radical (unpaired) electrons. The van der Waals surface area contributed by atoms with Crippen molar-refractivity contribution in [2.75, 3.05) is 6.54 Å². The molecule has 5 rings (SSSR count). The zero-order valence-corrected chi connectivity index (χ0v) is 24.1.